The number of likely N-dealkylation sites (N-methyl/N-ethyl adjacent to an activating group) is 1. The van der Waals surface area contributed by atoms with E-state index >= 15 is 0 Å². The van der Waals surface area contributed by atoms with Gasteiger partial charge in [-0.25, -0.2) is 0 Å². The molecule has 0 unspecified atom stereocenters. The smallest absolute Gasteiger partial charge is 0.0593 e. The molecule has 0 aromatic heterocycles. The summed E-state index contributed by atoms with van der Waals surface area (Å²) in [6.07, 6.45) is 3.58. The Morgan fingerprint density at radius 3 is 2.56 bits per heavy atom. The van der Waals surface area contributed by atoms with Crippen molar-refractivity contribution in [1.82, 2.24) is 4.90 Å². The minimum absolute atomic E-state index is 0.473. The fourth-order valence-electron chi connectivity index (χ4n) is 2.11. The maximum atomic E-state index is 5.77. The fourth-order valence-corrected chi connectivity index (χ4v) is 2.11. The van der Waals surface area contributed by atoms with Gasteiger partial charge in [-0.2, -0.15) is 0 Å². The molecule has 0 radical (unpaired) electrons. The molecule has 0 aromatic carbocycles. The topological polar surface area (TPSA) is 38.5 Å². The van der Waals surface area contributed by atoms with Crippen molar-refractivity contribution in [2.45, 2.75) is 39.2 Å². The maximum absolute atomic E-state index is 5.77. The van der Waals surface area contributed by atoms with Gasteiger partial charge in [0, 0.05) is 25.7 Å². The summed E-state index contributed by atoms with van der Waals surface area (Å²) in [6, 6.07) is 0.473. The van der Waals surface area contributed by atoms with Gasteiger partial charge >= 0.3 is 0 Å². The Balaban J connectivity index is 1.88. The van der Waals surface area contributed by atoms with Gasteiger partial charge < -0.3 is 15.4 Å². The summed E-state index contributed by atoms with van der Waals surface area (Å²) in [7, 11) is 2.18. The summed E-state index contributed by atoms with van der Waals surface area (Å²) >= 11 is 0. The Labute approximate surface area is 100 Å². The van der Waals surface area contributed by atoms with Crippen LogP contribution in [0.3, 0.4) is 0 Å². The third kappa shape index (κ3) is 5.83. The van der Waals surface area contributed by atoms with Crippen LogP contribution in [0.5, 0.6) is 0 Å². The number of hydrogen-bond acceptors (Lipinski definition) is 3. The minimum Gasteiger partial charge on any atom is -0.380 e. The van der Waals surface area contributed by atoms with Crippen LogP contribution in [-0.2, 0) is 4.74 Å². The second-order valence-electron chi connectivity index (χ2n) is 5.65. The van der Waals surface area contributed by atoms with Crippen LogP contribution in [0.2, 0.25) is 0 Å². The third-order valence-corrected chi connectivity index (χ3v) is 3.30. The van der Waals surface area contributed by atoms with E-state index in [-0.39, 0.29) is 0 Å². The minimum atomic E-state index is 0.473. The summed E-state index contributed by atoms with van der Waals surface area (Å²) in [4.78, 5) is 2.37. The van der Waals surface area contributed by atoms with E-state index in [1.165, 1.54) is 25.8 Å². The Hall–Kier alpha value is -0.120. The van der Waals surface area contributed by atoms with Crippen LogP contribution in [0, 0.1) is 11.8 Å². The summed E-state index contributed by atoms with van der Waals surface area (Å²) < 4.78 is 5.60. The highest BCUT2D eigenvalue weighted by Gasteiger charge is 2.26. The lowest BCUT2D eigenvalue weighted by Gasteiger charge is -2.35. The number of nitrogens with zero attached hydrogens (tertiary/aromatic N) is 1. The zero-order chi connectivity index (χ0) is 12.0. The molecule has 1 fully saturated rings. The lowest BCUT2D eigenvalue weighted by molar-refractivity contribution is 0.0910. The predicted octanol–water partition coefficient (Wildman–Crippen LogP) is 1.72. The normalized spacial score (nSPS) is 25.1. The van der Waals surface area contributed by atoms with E-state index in [4.69, 9.17) is 10.5 Å². The monoisotopic (exact) mass is 228 g/mol. The largest absolute Gasteiger partial charge is 0.380 e. The second-order valence-corrected chi connectivity index (χ2v) is 5.65. The van der Waals surface area contributed by atoms with E-state index in [9.17, 15) is 0 Å². The maximum Gasteiger partial charge on any atom is 0.0593 e. The zero-order valence-corrected chi connectivity index (χ0v) is 11.1. The van der Waals surface area contributed by atoms with Gasteiger partial charge in [0.1, 0.15) is 0 Å². The van der Waals surface area contributed by atoms with Gasteiger partial charge in [-0.3, -0.25) is 0 Å². The lowest BCUT2D eigenvalue weighted by Crippen LogP contribution is -2.42. The van der Waals surface area contributed by atoms with Gasteiger partial charge in [-0.05, 0) is 38.1 Å². The molecule has 3 nitrogen and oxygen atoms in total. The van der Waals surface area contributed by atoms with E-state index < -0.39 is 0 Å². The molecule has 16 heavy (non-hydrogen) atoms. The molecule has 0 atom stereocenters. The Bertz CT molecular complexity index is 179. The number of hydrogen-bond donors (Lipinski definition) is 1. The van der Waals surface area contributed by atoms with Crippen molar-refractivity contribution in [3.05, 3.63) is 0 Å². The standard InChI is InChI=1S/C13H28N2O/c1-11(2)4-6-16-7-5-15(3)10-12-8-13(14)9-12/h11-13H,4-10,14H2,1-3H3. The van der Waals surface area contributed by atoms with E-state index in [0.29, 0.717) is 6.04 Å². The van der Waals surface area contributed by atoms with Crippen LogP contribution in [0.1, 0.15) is 33.1 Å². The van der Waals surface area contributed by atoms with Crippen LogP contribution >= 0.6 is 0 Å². The van der Waals surface area contributed by atoms with E-state index in [1.54, 1.807) is 0 Å². The number of ether oxygens (including phenoxy) is 1. The Kier molecular flexibility index (Phi) is 6.32. The Morgan fingerprint density at radius 2 is 2.00 bits per heavy atom. The summed E-state index contributed by atoms with van der Waals surface area (Å²) in [5.74, 6) is 1.57. The van der Waals surface area contributed by atoms with Crippen molar-refractivity contribution in [3.8, 4) is 0 Å². The van der Waals surface area contributed by atoms with Crippen molar-refractivity contribution in [3.63, 3.8) is 0 Å². The zero-order valence-electron chi connectivity index (χ0n) is 11.1. The molecule has 2 N–H and O–H groups in total. The number of rotatable bonds is 8. The van der Waals surface area contributed by atoms with Crippen LogP contribution in [0.4, 0.5) is 0 Å². The fraction of sp³-hybridized carbons (Fsp3) is 1.00. The van der Waals surface area contributed by atoms with Crippen LogP contribution < -0.4 is 5.73 Å². The van der Waals surface area contributed by atoms with E-state index in [0.717, 1.165) is 31.6 Å². The molecular weight excluding hydrogens is 200 g/mol. The first-order chi connectivity index (χ1) is 7.58. The van der Waals surface area contributed by atoms with Crippen LogP contribution in [0.15, 0.2) is 0 Å². The van der Waals surface area contributed by atoms with Gasteiger partial charge in [-0.1, -0.05) is 13.8 Å². The van der Waals surface area contributed by atoms with Gasteiger partial charge in [0.15, 0.2) is 0 Å². The van der Waals surface area contributed by atoms with E-state index in [2.05, 4.69) is 25.8 Å². The van der Waals surface area contributed by atoms with Crippen molar-refractivity contribution in [1.29, 1.82) is 0 Å². The molecule has 96 valence electrons. The molecule has 3 heteroatoms. The van der Waals surface area contributed by atoms with E-state index in [1.807, 2.05) is 0 Å². The second kappa shape index (κ2) is 7.25. The molecule has 0 aromatic rings. The summed E-state index contributed by atoms with van der Waals surface area (Å²) in [5.41, 5.74) is 5.77. The molecule has 1 aliphatic carbocycles. The average Bonchev–Trinajstić information content (AvgIpc) is 2.14. The van der Waals surface area contributed by atoms with Crippen LogP contribution in [-0.4, -0.2) is 44.3 Å². The molecule has 0 bridgehead atoms. The molecule has 1 aliphatic rings. The Morgan fingerprint density at radius 1 is 1.31 bits per heavy atom. The first-order valence-electron chi connectivity index (χ1n) is 6.59. The van der Waals surface area contributed by atoms with Gasteiger partial charge in [0.05, 0.1) is 6.61 Å². The summed E-state index contributed by atoms with van der Waals surface area (Å²) in [5, 5.41) is 0. The van der Waals surface area contributed by atoms with Gasteiger partial charge in [-0.15, -0.1) is 0 Å². The molecule has 0 aliphatic heterocycles. The molecule has 0 spiro atoms. The predicted molar refractivity (Wildman–Crippen MR) is 68.5 cm³/mol. The molecule has 1 rings (SSSR count). The van der Waals surface area contributed by atoms with Crippen molar-refractivity contribution >= 4 is 0 Å². The van der Waals surface area contributed by atoms with Gasteiger partial charge in [0.2, 0.25) is 0 Å². The lowest BCUT2D eigenvalue weighted by atomic mass is 9.81. The molecule has 0 amide bonds. The quantitative estimate of drug-likeness (QED) is 0.643. The molecular formula is C13H28N2O. The highest BCUT2D eigenvalue weighted by molar-refractivity contribution is 4.83. The van der Waals surface area contributed by atoms with Crippen molar-refractivity contribution in [2.24, 2.45) is 17.6 Å². The highest BCUT2D eigenvalue weighted by Crippen LogP contribution is 2.25. The average molecular weight is 228 g/mol. The first kappa shape index (κ1) is 13.9. The number of nitrogens with two attached hydrogens (primary N) is 1. The van der Waals surface area contributed by atoms with Crippen LogP contribution in [0.25, 0.3) is 0 Å². The SMILES string of the molecule is CC(C)CCOCCN(C)CC1CC(N)C1. The first-order valence-corrected chi connectivity index (χ1v) is 6.59. The summed E-state index contributed by atoms with van der Waals surface area (Å²) in [6.45, 7) is 8.46. The van der Waals surface area contributed by atoms with Crippen molar-refractivity contribution in [2.75, 3.05) is 33.4 Å². The van der Waals surface area contributed by atoms with Gasteiger partial charge in [0.25, 0.3) is 0 Å². The molecule has 1 saturated carbocycles. The highest BCUT2D eigenvalue weighted by atomic mass is 16.5. The third-order valence-electron chi connectivity index (χ3n) is 3.30. The van der Waals surface area contributed by atoms with Crippen molar-refractivity contribution < 1.29 is 4.74 Å². The molecule has 0 saturated heterocycles. The molecule has 0 heterocycles.